The molecular weight excluding hydrogens is 190 g/mol. The van der Waals surface area contributed by atoms with Gasteiger partial charge in [-0.1, -0.05) is 0 Å². The van der Waals surface area contributed by atoms with Crippen LogP contribution in [0, 0.1) is 6.92 Å². The van der Waals surface area contributed by atoms with Crippen molar-refractivity contribution in [2.75, 3.05) is 11.9 Å². The summed E-state index contributed by atoms with van der Waals surface area (Å²) in [4.78, 5) is 7.44. The third kappa shape index (κ3) is 2.72. The molecule has 1 aromatic heterocycles. The smallest absolute Gasteiger partial charge is 0.200 e. The molecular formula is C11H19N3O. The first kappa shape index (κ1) is 10.5. The van der Waals surface area contributed by atoms with Crippen molar-refractivity contribution in [3.05, 3.63) is 11.9 Å². The van der Waals surface area contributed by atoms with Crippen LogP contribution in [0.2, 0.25) is 0 Å². The third-order valence-corrected chi connectivity index (χ3v) is 2.74. The number of hydrogen-bond donors (Lipinski definition) is 2. The summed E-state index contributed by atoms with van der Waals surface area (Å²) >= 11 is 0. The largest absolute Gasteiger partial charge is 0.375 e. The summed E-state index contributed by atoms with van der Waals surface area (Å²) in [5.41, 5.74) is 1.07. The van der Waals surface area contributed by atoms with Gasteiger partial charge in [0.15, 0.2) is 0 Å². The minimum absolute atomic E-state index is 0.0163. The second-order valence-corrected chi connectivity index (χ2v) is 4.86. The summed E-state index contributed by atoms with van der Waals surface area (Å²) < 4.78 is 5.67. The normalized spacial score (nSPS) is 25.1. The van der Waals surface area contributed by atoms with Gasteiger partial charge in [0.05, 0.1) is 5.60 Å². The summed E-state index contributed by atoms with van der Waals surface area (Å²) in [5, 5.41) is 3.41. The second kappa shape index (κ2) is 3.85. The van der Waals surface area contributed by atoms with Gasteiger partial charge in [0.2, 0.25) is 5.95 Å². The minimum atomic E-state index is -0.0163. The monoisotopic (exact) mass is 209 g/mol. The van der Waals surface area contributed by atoms with Crippen LogP contribution in [0.3, 0.4) is 0 Å². The molecule has 1 atom stereocenters. The maximum atomic E-state index is 5.67. The number of H-pyrrole nitrogens is 1. The van der Waals surface area contributed by atoms with Crippen LogP contribution in [0.15, 0.2) is 6.20 Å². The second-order valence-electron chi connectivity index (χ2n) is 4.86. The predicted molar refractivity (Wildman–Crippen MR) is 60.0 cm³/mol. The highest BCUT2D eigenvalue weighted by atomic mass is 16.5. The summed E-state index contributed by atoms with van der Waals surface area (Å²) in [6.45, 7) is 7.10. The Bertz CT molecular complexity index is 332. The average Bonchev–Trinajstić information content (AvgIpc) is 2.49. The molecule has 2 N–H and O–H groups in total. The van der Waals surface area contributed by atoms with Crippen molar-refractivity contribution in [3.8, 4) is 0 Å². The fraction of sp³-hybridized carbons (Fsp3) is 0.727. The zero-order valence-electron chi connectivity index (χ0n) is 9.63. The minimum Gasteiger partial charge on any atom is -0.375 e. The molecule has 0 radical (unpaired) electrons. The zero-order chi connectivity index (χ0) is 10.9. The van der Waals surface area contributed by atoms with Gasteiger partial charge in [-0.05, 0) is 33.6 Å². The standard InChI is InChI=1S/C11H19N3O/c1-8-7-12-10(13-8)14-9-4-5-15-11(2,3)6-9/h7,9H,4-6H2,1-3H3,(H2,12,13,14). The van der Waals surface area contributed by atoms with E-state index in [1.807, 2.05) is 13.1 Å². The van der Waals surface area contributed by atoms with Crippen LogP contribution < -0.4 is 5.32 Å². The summed E-state index contributed by atoms with van der Waals surface area (Å²) in [6.07, 6.45) is 3.91. The lowest BCUT2D eigenvalue weighted by Crippen LogP contribution is -2.40. The number of aromatic nitrogens is 2. The maximum absolute atomic E-state index is 5.67. The molecule has 0 amide bonds. The van der Waals surface area contributed by atoms with Gasteiger partial charge < -0.3 is 15.0 Å². The van der Waals surface area contributed by atoms with Crippen molar-refractivity contribution in [3.63, 3.8) is 0 Å². The summed E-state index contributed by atoms with van der Waals surface area (Å²) in [6, 6.07) is 0.458. The first-order valence-electron chi connectivity index (χ1n) is 5.47. The number of anilines is 1. The molecule has 4 nitrogen and oxygen atoms in total. The molecule has 1 aliphatic heterocycles. The Morgan fingerprint density at radius 3 is 3.00 bits per heavy atom. The molecule has 1 unspecified atom stereocenters. The van der Waals surface area contributed by atoms with Gasteiger partial charge in [-0.25, -0.2) is 4.98 Å². The van der Waals surface area contributed by atoms with Gasteiger partial charge in [0.25, 0.3) is 0 Å². The van der Waals surface area contributed by atoms with Crippen molar-refractivity contribution in [2.24, 2.45) is 0 Å². The molecule has 1 fully saturated rings. The van der Waals surface area contributed by atoms with E-state index in [2.05, 4.69) is 29.1 Å². The van der Waals surface area contributed by atoms with Gasteiger partial charge >= 0.3 is 0 Å². The molecule has 1 aromatic rings. The Hall–Kier alpha value is -1.03. The van der Waals surface area contributed by atoms with Crippen LogP contribution in [0.25, 0.3) is 0 Å². The van der Waals surface area contributed by atoms with E-state index >= 15 is 0 Å². The van der Waals surface area contributed by atoms with Gasteiger partial charge in [0, 0.05) is 24.5 Å². The highest BCUT2D eigenvalue weighted by Crippen LogP contribution is 2.25. The van der Waals surface area contributed by atoms with E-state index in [0.717, 1.165) is 31.1 Å². The molecule has 15 heavy (non-hydrogen) atoms. The number of nitrogens with zero attached hydrogens (tertiary/aromatic N) is 1. The van der Waals surface area contributed by atoms with E-state index in [1.54, 1.807) is 0 Å². The molecule has 2 rings (SSSR count). The van der Waals surface area contributed by atoms with Crippen LogP contribution in [0.5, 0.6) is 0 Å². The number of hydrogen-bond acceptors (Lipinski definition) is 3. The van der Waals surface area contributed by atoms with Crippen LogP contribution >= 0.6 is 0 Å². The van der Waals surface area contributed by atoms with Gasteiger partial charge in [-0.2, -0.15) is 0 Å². The number of nitrogens with one attached hydrogen (secondary N) is 2. The Morgan fingerprint density at radius 1 is 1.60 bits per heavy atom. The molecule has 1 aliphatic rings. The lowest BCUT2D eigenvalue weighted by atomic mass is 9.94. The van der Waals surface area contributed by atoms with Gasteiger partial charge in [-0.3, -0.25) is 0 Å². The third-order valence-electron chi connectivity index (χ3n) is 2.74. The van der Waals surface area contributed by atoms with Crippen LogP contribution in [-0.4, -0.2) is 28.2 Å². The molecule has 0 saturated carbocycles. The predicted octanol–water partition coefficient (Wildman–Crippen LogP) is 2.09. The maximum Gasteiger partial charge on any atom is 0.200 e. The Balaban J connectivity index is 1.95. The lowest BCUT2D eigenvalue weighted by Gasteiger charge is -2.35. The quantitative estimate of drug-likeness (QED) is 0.784. The number of ether oxygens (including phenoxy) is 1. The fourth-order valence-corrected chi connectivity index (χ4v) is 2.03. The van der Waals surface area contributed by atoms with E-state index in [-0.39, 0.29) is 5.60 Å². The average molecular weight is 209 g/mol. The molecule has 4 heteroatoms. The van der Waals surface area contributed by atoms with Crippen LogP contribution in [-0.2, 0) is 4.74 Å². The van der Waals surface area contributed by atoms with E-state index < -0.39 is 0 Å². The van der Waals surface area contributed by atoms with Crippen molar-refractivity contribution in [1.29, 1.82) is 0 Å². The van der Waals surface area contributed by atoms with Crippen LogP contribution in [0.1, 0.15) is 32.4 Å². The summed E-state index contributed by atoms with van der Waals surface area (Å²) in [5.74, 6) is 0.871. The zero-order valence-corrected chi connectivity index (χ0v) is 9.63. The Morgan fingerprint density at radius 2 is 2.40 bits per heavy atom. The van der Waals surface area contributed by atoms with Crippen molar-refractivity contribution < 1.29 is 4.74 Å². The van der Waals surface area contributed by atoms with E-state index in [1.165, 1.54) is 0 Å². The van der Waals surface area contributed by atoms with E-state index in [9.17, 15) is 0 Å². The van der Waals surface area contributed by atoms with Crippen LogP contribution in [0.4, 0.5) is 5.95 Å². The highest BCUT2D eigenvalue weighted by molar-refractivity contribution is 5.27. The molecule has 0 spiro atoms. The summed E-state index contributed by atoms with van der Waals surface area (Å²) in [7, 11) is 0. The van der Waals surface area contributed by atoms with E-state index in [0.29, 0.717) is 6.04 Å². The number of imidazole rings is 1. The Labute approximate surface area is 90.4 Å². The molecule has 2 heterocycles. The Kier molecular flexibility index (Phi) is 2.69. The first-order valence-corrected chi connectivity index (χ1v) is 5.47. The first-order chi connectivity index (χ1) is 7.05. The van der Waals surface area contributed by atoms with Crippen molar-refractivity contribution >= 4 is 5.95 Å². The van der Waals surface area contributed by atoms with Crippen molar-refractivity contribution in [1.82, 2.24) is 9.97 Å². The SMILES string of the molecule is Cc1cnc(NC2CCOC(C)(C)C2)[nH]1. The van der Waals surface area contributed by atoms with Gasteiger partial charge in [0.1, 0.15) is 0 Å². The molecule has 0 bridgehead atoms. The fourth-order valence-electron chi connectivity index (χ4n) is 2.03. The topological polar surface area (TPSA) is 49.9 Å². The van der Waals surface area contributed by atoms with E-state index in [4.69, 9.17) is 4.74 Å². The molecule has 84 valence electrons. The van der Waals surface area contributed by atoms with Gasteiger partial charge in [-0.15, -0.1) is 0 Å². The highest BCUT2D eigenvalue weighted by Gasteiger charge is 2.28. The van der Waals surface area contributed by atoms with Crippen molar-refractivity contribution in [2.45, 2.75) is 45.3 Å². The number of aryl methyl sites for hydroxylation is 1. The molecule has 1 saturated heterocycles. The number of aromatic amines is 1. The number of rotatable bonds is 2. The molecule has 0 aromatic carbocycles. The lowest BCUT2D eigenvalue weighted by molar-refractivity contribution is -0.0553. The molecule has 0 aliphatic carbocycles.